The van der Waals surface area contributed by atoms with Gasteiger partial charge in [-0.3, -0.25) is 4.79 Å². The van der Waals surface area contributed by atoms with E-state index >= 15 is 0 Å². The maximum absolute atomic E-state index is 12.9. The van der Waals surface area contributed by atoms with E-state index in [1.165, 1.54) is 25.1 Å². The molecule has 0 spiro atoms. The van der Waals surface area contributed by atoms with Gasteiger partial charge in [-0.05, 0) is 18.2 Å². The number of anilines is 2. The molecule has 0 aromatic heterocycles. The van der Waals surface area contributed by atoms with Crippen molar-refractivity contribution < 1.29 is 9.18 Å². The number of carbonyl (C=O) groups excluding carboxylic acids is 1. The zero-order valence-corrected chi connectivity index (χ0v) is 7.52. The van der Waals surface area contributed by atoms with Crippen LogP contribution in [-0.2, 0) is 4.79 Å². The fraction of sp³-hybridized carbons (Fsp3) is 0.222. The smallest absolute Gasteiger partial charge is 0.221 e. The van der Waals surface area contributed by atoms with Crippen LogP contribution in [0, 0.1) is 5.82 Å². The van der Waals surface area contributed by atoms with Gasteiger partial charge in [0.1, 0.15) is 5.82 Å². The van der Waals surface area contributed by atoms with Gasteiger partial charge in [0.2, 0.25) is 5.91 Å². The minimum atomic E-state index is -0.336. The van der Waals surface area contributed by atoms with E-state index in [0.717, 1.165) is 0 Å². The standard InChI is InChI=1S/C9H11FN2O/c1-6(13)12-7-3-4-8(10)9(5-7)11-2/h3-5,11H,1-2H3,(H,12,13). The molecule has 0 aliphatic carbocycles. The molecule has 0 heterocycles. The zero-order valence-electron chi connectivity index (χ0n) is 7.52. The van der Waals surface area contributed by atoms with Gasteiger partial charge in [-0.1, -0.05) is 0 Å². The number of benzene rings is 1. The Hall–Kier alpha value is -1.58. The van der Waals surface area contributed by atoms with Gasteiger partial charge in [-0.15, -0.1) is 0 Å². The molecule has 1 amide bonds. The minimum Gasteiger partial charge on any atom is -0.386 e. The van der Waals surface area contributed by atoms with Crippen molar-refractivity contribution in [3.63, 3.8) is 0 Å². The Bertz CT molecular complexity index is 325. The maximum Gasteiger partial charge on any atom is 0.221 e. The van der Waals surface area contributed by atoms with Crippen molar-refractivity contribution in [1.29, 1.82) is 0 Å². The van der Waals surface area contributed by atoms with E-state index in [9.17, 15) is 9.18 Å². The first-order chi connectivity index (χ1) is 6.13. The second-order valence-electron chi connectivity index (χ2n) is 2.63. The highest BCUT2D eigenvalue weighted by Crippen LogP contribution is 2.18. The van der Waals surface area contributed by atoms with Crippen molar-refractivity contribution >= 4 is 17.3 Å². The molecule has 0 fully saturated rings. The summed E-state index contributed by atoms with van der Waals surface area (Å²) in [7, 11) is 1.62. The molecule has 1 aromatic carbocycles. The number of halogens is 1. The fourth-order valence-corrected chi connectivity index (χ4v) is 0.998. The second-order valence-corrected chi connectivity index (χ2v) is 2.63. The van der Waals surface area contributed by atoms with Crippen LogP contribution in [0.1, 0.15) is 6.92 Å². The third-order valence-electron chi connectivity index (χ3n) is 1.56. The Morgan fingerprint density at radius 3 is 2.69 bits per heavy atom. The topological polar surface area (TPSA) is 41.1 Å². The maximum atomic E-state index is 12.9. The van der Waals surface area contributed by atoms with E-state index < -0.39 is 0 Å². The van der Waals surface area contributed by atoms with E-state index in [1.54, 1.807) is 7.05 Å². The Labute approximate surface area is 76.0 Å². The highest BCUT2D eigenvalue weighted by Gasteiger charge is 2.01. The lowest BCUT2D eigenvalue weighted by Gasteiger charge is -2.05. The van der Waals surface area contributed by atoms with Crippen molar-refractivity contribution in [2.45, 2.75) is 6.92 Å². The normalized spacial score (nSPS) is 9.46. The van der Waals surface area contributed by atoms with Crippen LogP contribution in [0.2, 0.25) is 0 Å². The first-order valence-electron chi connectivity index (χ1n) is 3.88. The summed E-state index contributed by atoms with van der Waals surface area (Å²) in [5.74, 6) is -0.509. The molecule has 13 heavy (non-hydrogen) atoms. The number of rotatable bonds is 2. The van der Waals surface area contributed by atoms with Crippen molar-refractivity contribution in [2.24, 2.45) is 0 Å². The summed E-state index contributed by atoms with van der Waals surface area (Å²) in [5, 5.41) is 5.24. The van der Waals surface area contributed by atoms with E-state index in [0.29, 0.717) is 11.4 Å². The molecule has 0 atom stereocenters. The summed E-state index contributed by atoms with van der Waals surface area (Å²) in [6.07, 6.45) is 0. The first kappa shape index (κ1) is 9.51. The lowest BCUT2D eigenvalue weighted by atomic mass is 10.2. The summed E-state index contributed by atoms with van der Waals surface area (Å²) < 4.78 is 12.9. The predicted molar refractivity (Wildman–Crippen MR) is 50.3 cm³/mol. The molecule has 4 heteroatoms. The van der Waals surface area contributed by atoms with Crippen LogP contribution in [-0.4, -0.2) is 13.0 Å². The Balaban J connectivity index is 2.92. The number of carbonyl (C=O) groups is 1. The van der Waals surface area contributed by atoms with Crippen molar-refractivity contribution in [2.75, 3.05) is 17.7 Å². The monoisotopic (exact) mass is 182 g/mol. The van der Waals surface area contributed by atoms with Gasteiger partial charge < -0.3 is 10.6 Å². The molecule has 0 radical (unpaired) electrons. The molecular weight excluding hydrogens is 171 g/mol. The SMILES string of the molecule is CNc1cc(NC(C)=O)ccc1F. The summed E-state index contributed by atoms with van der Waals surface area (Å²) in [5.41, 5.74) is 0.949. The van der Waals surface area contributed by atoms with Crippen molar-refractivity contribution in [3.8, 4) is 0 Å². The lowest BCUT2D eigenvalue weighted by molar-refractivity contribution is -0.114. The largest absolute Gasteiger partial charge is 0.386 e. The highest BCUT2D eigenvalue weighted by molar-refractivity contribution is 5.89. The van der Waals surface area contributed by atoms with Gasteiger partial charge in [-0.2, -0.15) is 0 Å². The van der Waals surface area contributed by atoms with E-state index in [1.807, 2.05) is 0 Å². The van der Waals surface area contributed by atoms with Gasteiger partial charge in [0.25, 0.3) is 0 Å². The number of hydrogen-bond donors (Lipinski definition) is 2. The molecule has 0 aliphatic rings. The average molecular weight is 182 g/mol. The van der Waals surface area contributed by atoms with Gasteiger partial charge in [0, 0.05) is 19.7 Å². The van der Waals surface area contributed by atoms with E-state index in [2.05, 4.69) is 10.6 Å². The summed E-state index contributed by atoms with van der Waals surface area (Å²) in [6, 6.07) is 4.35. The van der Waals surface area contributed by atoms with Gasteiger partial charge >= 0.3 is 0 Å². The number of nitrogens with one attached hydrogen (secondary N) is 2. The van der Waals surface area contributed by atoms with Gasteiger partial charge in [0.15, 0.2) is 0 Å². The predicted octanol–water partition coefficient (Wildman–Crippen LogP) is 1.83. The molecule has 0 unspecified atom stereocenters. The fourth-order valence-electron chi connectivity index (χ4n) is 0.998. The molecular formula is C9H11FN2O. The highest BCUT2D eigenvalue weighted by atomic mass is 19.1. The number of hydrogen-bond acceptors (Lipinski definition) is 2. The molecule has 3 nitrogen and oxygen atoms in total. The molecule has 0 saturated carbocycles. The van der Waals surface area contributed by atoms with E-state index in [-0.39, 0.29) is 11.7 Å². The number of amides is 1. The second kappa shape index (κ2) is 3.89. The van der Waals surface area contributed by atoms with E-state index in [4.69, 9.17) is 0 Å². The van der Waals surface area contributed by atoms with Crippen LogP contribution in [0.3, 0.4) is 0 Å². The van der Waals surface area contributed by atoms with Crippen molar-refractivity contribution in [1.82, 2.24) is 0 Å². The molecule has 70 valence electrons. The Kier molecular flexibility index (Phi) is 2.84. The zero-order chi connectivity index (χ0) is 9.84. The molecule has 2 N–H and O–H groups in total. The third kappa shape index (κ3) is 2.43. The van der Waals surface area contributed by atoms with Crippen LogP contribution in [0.15, 0.2) is 18.2 Å². The van der Waals surface area contributed by atoms with Gasteiger partial charge in [0.05, 0.1) is 5.69 Å². The van der Waals surface area contributed by atoms with Crippen LogP contribution in [0.5, 0.6) is 0 Å². The third-order valence-corrected chi connectivity index (χ3v) is 1.56. The van der Waals surface area contributed by atoms with Crippen LogP contribution < -0.4 is 10.6 Å². The molecule has 1 aromatic rings. The average Bonchev–Trinajstić information content (AvgIpc) is 2.07. The van der Waals surface area contributed by atoms with Crippen molar-refractivity contribution in [3.05, 3.63) is 24.0 Å². The molecule has 0 aliphatic heterocycles. The summed E-state index contributed by atoms with van der Waals surface area (Å²) >= 11 is 0. The van der Waals surface area contributed by atoms with Gasteiger partial charge in [-0.25, -0.2) is 4.39 Å². The van der Waals surface area contributed by atoms with Crippen LogP contribution in [0.25, 0.3) is 0 Å². The van der Waals surface area contributed by atoms with Crippen LogP contribution in [0.4, 0.5) is 15.8 Å². The Morgan fingerprint density at radius 1 is 1.46 bits per heavy atom. The first-order valence-corrected chi connectivity index (χ1v) is 3.88. The quantitative estimate of drug-likeness (QED) is 0.732. The molecule has 0 bridgehead atoms. The summed E-state index contributed by atoms with van der Waals surface area (Å²) in [4.78, 5) is 10.7. The molecule has 0 saturated heterocycles. The Morgan fingerprint density at radius 2 is 2.15 bits per heavy atom. The summed E-state index contributed by atoms with van der Waals surface area (Å²) in [6.45, 7) is 1.41. The minimum absolute atomic E-state index is 0.173. The van der Waals surface area contributed by atoms with Crippen LogP contribution >= 0.6 is 0 Å². The molecule has 1 rings (SSSR count). The lowest BCUT2D eigenvalue weighted by Crippen LogP contribution is -2.06.